The van der Waals surface area contributed by atoms with Crippen molar-refractivity contribution in [2.75, 3.05) is 6.54 Å². The van der Waals surface area contributed by atoms with Gasteiger partial charge in [-0.3, -0.25) is 0 Å². The highest BCUT2D eigenvalue weighted by Crippen LogP contribution is 2.37. The molecule has 0 saturated heterocycles. The van der Waals surface area contributed by atoms with Gasteiger partial charge < -0.3 is 5.32 Å². The number of thiazole rings is 1. The summed E-state index contributed by atoms with van der Waals surface area (Å²) in [5.74, 6) is 1.29. The summed E-state index contributed by atoms with van der Waals surface area (Å²) in [7, 11) is 0. The molecule has 112 valence electrons. The SMILES string of the molecule is Cc1cnc(-c2nc3c(s2)CCCC3CNC(C)C)nc1. The molecule has 0 amide bonds. The van der Waals surface area contributed by atoms with Crippen LogP contribution in [0.25, 0.3) is 10.8 Å². The standard InChI is InChI=1S/C16H22N4S/c1-10(2)17-9-12-5-4-6-13-14(12)20-16(21-13)15-18-7-11(3)8-19-15/h7-8,10,12,17H,4-6,9H2,1-3H3. The van der Waals surface area contributed by atoms with E-state index in [2.05, 4.69) is 29.1 Å². The molecule has 0 aromatic carbocycles. The van der Waals surface area contributed by atoms with Crippen molar-refractivity contribution in [3.05, 3.63) is 28.5 Å². The Morgan fingerprint density at radius 3 is 2.81 bits per heavy atom. The van der Waals surface area contributed by atoms with E-state index in [1.807, 2.05) is 19.3 Å². The second-order valence-electron chi connectivity index (χ2n) is 6.06. The van der Waals surface area contributed by atoms with E-state index in [-0.39, 0.29) is 0 Å². The highest BCUT2D eigenvalue weighted by Gasteiger charge is 2.25. The third kappa shape index (κ3) is 3.30. The summed E-state index contributed by atoms with van der Waals surface area (Å²) >= 11 is 1.77. The average Bonchev–Trinajstić information content (AvgIpc) is 2.90. The molecule has 4 nitrogen and oxygen atoms in total. The van der Waals surface area contributed by atoms with Gasteiger partial charge in [0, 0.05) is 35.8 Å². The van der Waals surface area contributed by atoms with E-state index in [4.69, 9.17) is 4.98 Å². The fraction of sp³-hybridized carbons (Fsp3) is 0.562. The van der Waals surface area contributed by atoms with E-state index in [1.54, 1.807) is 11.3 Å². The first kappa shape index (κ1) is 14.6. The zero-order valence-corrected chi connectivity index (χ0v) is 13.7. The van der Waals surface area contributed by atoms with Crippen molar-refractivity contribution in [1.29, 1.82) is 0 Å². The molecular formula is C16H22N4S. The zero-order chi connectivity index (χ0) is 14.8. The molecule has 0 aliphatic heterocycles. The maximum atomic E-state index is 4.86. The Kier molecular flexibility index (Phi) is 4.31. The van der Waals surface area contributed by atoms with Gasteiger partial charge in [0.2, 0.25) is 0 Å². The quantitative estimate of drug-likeness (QED) is 0.941. The molecule has 5 heteroatoms. The second kappa shape index (κ2) is 6.20. The van der Waals surface area contributed by atoms with Crippen molar-refractivity contribution in [1.82, 2.24) is 20.3 Å². The summed E-state index contributed by atoms with van der Waals surface area (Å²) < 4.78 is 0. The number of nitrogens with one attached hydrogen (secondary N) is 1. The highest BCUT2D eigenvalue weighted by molar-refractivity contribution is 7.15. The van der Waals surface area contributed by atoms with Crippen LogP contribution >= 0.6 is 11.3 Å². The molecule has 3 rings (SSSR count). The van der Waals surface area contributed by atoms with Crippen LogP contribution in [0.15, 0.2) is 12.4 Å². The Morgan fingerprint density at radius 1 is 1.33 bits per heavy atom. The fourth-order valence-electron chi connectivity index (χ4n) is 2.68. The molecule has 21 heavy (non-hydrogen) atoms. The topological polar surface area (TPSA) is 50.7 Å². The first-order valence-electron chi connectivity index (χ1n) is 7.65. The summed E-state index contributed by atoms with van der Waals surface area (Å²) in [6.07, 6.45) is 7.36. The molecule has 1 unspecified atom stereocenters. The predicted octanol–water partition coefficient (Wildman–Crippen LogP) is 3.33. The first-order chi connectivity index (χ1) is 10.1. The van der Waals surface area contributed by atoms with Gasteiger partial charge in [0.15, 0.2) is 10.8 Å². The average molecular weight is 302 g/mol. The molecule has 0 saturated carbocycles. The molecular weight excluding hydrogens is 280 g/mol. The van der Waals surface area contributed by atoms with Gasteiger partial charge in [-0.15, -0.1) is 11.3 Å². The summed E-state index contributed by atoms with van der Waals surface area (Å²) in [6.45, 7) is 7.40. The van der Waals surface area contributed by atoms with E-state index >= 15 is 0 Å². The maximum Gasteiger partial charge on any atom is 0.188 e. The van der Waals surface area contributed by atoms with E-state index in [0.29, 0.717) is 12.0 Å². The van der Waals surface area contributed by atoms with E-state index in [9.17, 15) is 0 Å². The molecule has 2 heterocycles. The molecule has 0 fully saturated rings. The monoisotopic (exact) mass is 302 g/mol. The highest BCUT2D eigenvalue weighted by atomic mass is 32.1. The number of aromatic nitrogens is 3. The Hall–Kier alpha value is -1.33. The maximum absolute atomic E-state index is 4.86. The number of hydrogen-bond donors (Lipinski definition) is 1. The Bertz CT molecular complexity index is 603. The lowest BCUT2D eigenvalue weighted by Gasteiger charge is -2.22. The number of fused-ring (bicyclic) bond motifs is 1. The van der Waals surface area contributed by atoms with Crippen molar-refractivity contribution >= 4 is 11.3 Å². The van der Waals surface area contributed by atoms with Gasteiger partial charge in [0.05, 0.1) is 5.69 Å². The van der Waals surface area contributed by atoms with Crippen molar-refractivity contribution in [3.63, 3.8) is 0 Å². The van der Waals surface area contributed by atoms with Crippen LogP contribution in [-0.2, 0) is 6.42 Å². The molecule has 2 aromatic rings. The molecule has 1 aliphatic carbocycles. The van der Waals surface area contributed by atoms with E-state index in [0.717, 1.165) is 29.4 Å². The lowest BCUT2D eigenvalue weighted by molar-refractivity contribution is 0.475. The van der Waals surface area contributed by atoms with Gasteiger partial charge in [-0.05, 0) is 31.7 Å². The van der Waals surface area contributed by atoms with Gasteiger partial charge in [0.25, 0.3) is 0 Å². The third-order valence-electron chi connectivity index (χ3n) is 3.82. The molecule has 1 atom stereocenters. The van der Waals surface area contributed by atoms with Crippen LogP contribution in [-0.4, -0.2) is 27.5 Å². The minimum atomic E-state index is 0.522. The smallest absolute Gasteiger partial charge is 0.188 e. The molecule has 1 aliphatic rings. The van der Waals surface area contributed by atoms with Crippen LogP contribution in [0, 0.1) is 6.92 Å². The summed E-state index contributed by atoms with van der Waals surface area (Å²) in [5, 5.41) is 4.51. The van der Waals surface area contributed by atoms with Crippen molar-refractivity contribution < 1.29 is 0 Å². The largest absolute Gasteiger partial charge is 0.314 e. The van der Waals surface area contributed by atoms with Crippen LogP contribution in [0.1, 0.15) is 48.7 Å². The third-order valence-corrected chi connectivity index (χ3v) is 4.94. The molecule has 0 bridgehead atoms. The zero-order valence-electron chi connectivity index (χ0n) is 12.9. The van der Waals surface area contributed by atoms with Crippen molar-refractivity contribution in [2.45, 2.75) is 52.0 Å². The van der Waals surface area contributed by atoms with Crippen LogP contribution in [0.3, 0.4) is 0 Å². The Labute approximate surface area is 130 Å². The van der Waals surface area contributed by atoms with Gasteiger partial charge in [-0.25, -0.2) is 15.0 Å². The van der Waals surface area contributed by atoms with Gasteiger partial charge >= 0.3 is 0 Å². The minimum Gasteiger partial charge on any atom is -0.314 e. The summed E-state index contributed by atoms with van der Waals surface area (Å²) in [5.41, 5.74) is 2.36. The van der Waals surface area contributed by atoms with Crippen LogP contribution in [0.2, 0.25) is 0 Å². The summed E-state index contributed by atoms with van der Waals surface area (Å²) in [4.78, 5) is 15.1. The lowest BCUT2D eigenvalue weighted by Crippen LogP contribution is -2.29. The Balaban J connectivity index is 1.85. The first-order valence-corrected chi connectivity index (χ1v) is 8.47. The van der Waals surface area contributed by atoms with E-state index < -0.39 is 0 Å². The van der Waals surface area contributed by atoms with Gasteiger partial charge in [-0.2, -0.15) is 0 Å². The molecule has 1 N–H and O–H groups in total. The number of nitrogens with zero attached hydrogens (tertiary/aromatic N) is 3. The molecule has 0 spiro atoms. The number of hydrogen-bond acceptors (Lipinski definition) is 5. The van der Waals surface area contributed by atoms with Gasteiger partial charge in [0.1, 0.15) is 0 Å². The van der Waals surface area contributed by atoms with Crippen molar-refractivity contribution in [3.8, 4) is 10.8 Å². The number of aryl methyl sites for hydroxylation is 2. The molecule has 0 radical (unpaired) electrons. The second-order valence-corrected chi connectivity index (χ2v) is 7.15. The summed E-state index contributed by atoms with van der Waals surface area (Å²) in [6, 6.07) is 0.522. The predicted molar refractivity (Wildman–Crippen MR) is 86.7 cm³/mol. The van der Waals surface area contributed by atoms with E-state index in [1.165, 1.54) is 23.4 Å². The number of rotatable bonds is 4. The van der Waals surface area contributed by atoms with Crippen LogP contribution < -0.4 is 5.32 Å². The minimum absolute atomic E-state index is 0.522. The van der Waals surface area contributed by atoms with Gasteiger partial charge in [-0.1, -0.05) is 13.8 Å². The molecule has 2 aromatic heterocycles. The van der Waals surface area contributed by atoms with Crippen molar-refractivity contribution in [2.24, 2.45) is 0 Å². The van der Waals surface area contributed by atoms with Crippen LogP contribution in [0.5, 0.6) is 0 Å². The normalized spacial score (nSPS) is 18.0. The fourth-order valence-corrected chi connectivity index (χ4v) is 3.82. The van der Waals surface area contributed by atoms with Crippen LogP contribution in [0.4, 0.5) is 0 Å². The lowest BCUT2D eigenvalue weighted by atomic mass is 9.91. The Morgan fingerprint density at radius 2 is 2.10 bits per heavy atom.